The second-order valence-electron chi connectivity index (χ2n) is 18.9. The van der Waals surface area contributed by atoms with E-state index < -0.39 is 86.5 Å². The van der Waals surface area contributed by atoms with Crippen molar-refractivity contribution >= 4 is 0 Å². The maximum Gasteiger partial charge on any atom is 0.186 e. The molecule has 4 heterocycles. The zero-order valence-electron chi connectivity index (χ0n) is 31.6. The van der Waals surface area contributed by atoms with Crippen LogP contribution in [-0.4, -0.2) is 146 Å². The third-order valence-electron chi connectivity index (χ3n) is 16.2. The van der Waals surface area contributed by atoms with Crippen LogP contribution < -0.4 is 0 Å². The van der Waals surface area contributed by atoms with Crippen molar-refractivity contribution in [1.82, 2.24) is 0 Å². The summed E-state index contributed by atoms with van der Waals surface area (Å²) in [5, 5.41) is 84.3. The molecule has 8 fully saturated rings. The average molecular weight is 757 g/mol. The van der Waals surface area contributed by atoms with Gasteiger partial charge in [-0.25, -0.2) is 0 Å². The molecule has 1 spiro atoms. The Morgan fingerprint density at radius 1 is 0.679 bits per heavy atom. The lowest BCUT2D eigenvalue weighted by Gasteiger charge is -2.62. The SMILES string of the molecule is CC1CCC2(OC1)OC1CC3C4CC(O)C5CC(OC6OC(COC7OC(CO)C(O)C(O)C7O)C(O)C(O)C6O)CCC5(C)C4CCC3(C)C1C2C. The Balaban J connectivity index is 0.905. The Kier molecular flexibility index (Phi) is 10.6. The highest BCUT2D eigenvalue weighted by atomic mass is 16.7. The van der Waals surface area contributed by atoms with Gasteiger partial charge in [-0.05, 0) is 97.7 Å². The van der Waals surface area contributed by atoms with E-state index in [4.69, 9.17) is 28.4 Å². The summed E-state index contributed by atoms with van der Waals surface area (Å²) < 4.78 is 36.7. The largest absolute Gasteiger partial charge is 0.394 e. The first kappa shape index (κ1) is 39.3. The lowest BCUT2D eigenvalue weighted by molar-refractivity contribution is -0.338. The molecule has 8 rings (SSSR count). The minimum Gasteiger partial charge on any atom is -0.394 e. The maximum atomic E-state index is 11.9. The fourth-order valence-electron chi connectivity index (χ4n) is 13.2. The Bertz CT molecular complexity index is 1300. The summed E-state index contributed by atoms with van der Waals surface area (Å²) in [6, 6.07) is 0. The van der Waals surface area contributed by atoms with Gasteiger partial charge in [-0.3, -0.25) is 0 Å². The normalized spacial score (nSPS) is 59.5. The number of aliphatic hydroxyl groups excluding tert-OH is 8. The van der Waals surface area contributed by atoms with E-state index in [1.165, 1.54) is 0 Å². The first-order valence-electron chi connectivity index (χ1n) is 20.4. The highest BCUT2D eigenvalue weighted by Crippen LogP contribution is 2.71. The minimum atomic E-state index is -1.65. The zero-order valence-corrected chi connectivity index (χ0v) is 31.6. The number of fused-ring (bicyclic) bond motifs is 7. The summed E-state index contributed by atoms with van der Waals surface area (Å²) in [5.41, 5.74) is 0.0639. The molecular weight excluding hydrogens is 692 g/mol. The average Bonchev–Trinajstić information content (AvgIpc) is 3.58. The van der Waals surface area contributed by atoms with Crippen molar-refractivity contribution in [3.8, 4) is 0 Å². The topological polar surface area (TPSA) is 217 Å². The molecule has 0 aromatic heterocycles. The summed E-state index contributed by atoms with van der Waals surface area (Å²) in [4.78, 5) is 0. The van der Waals surface area contributed by atoms with Gasteiger partial charge in [0.2, 0.25) is 0 Å². The summed E-state index contributed by atoms with van der Waals surface area (Å²) in [7, 11) is 0. The molecule has 23 unspecified atom stereocenters. The van der Waals surface area contributed by atoms with Crippen LogP contribution in [-0.2, 0) is 28.4 Å². The van der Waals surface area contributed by atoms with Crippen molar-refractivity contribution in [3.05, 3.63) is 0 Å². The summed E-state index contributed by atoms with van der Waals surface area (Å²) in [6.45, 7) is 9.18. The van der Waals surface area contributed by atoms with Crippen LogP contribution in [0.2, 0.25) is 0 Å². The fraction of sp³-hybridized carbons (Fsp3) is 1.00. The van der Waals surface area contributed by atoms with E-state index in [1.54, 1.807) is 0 Å². The molecule has 8 N–H and O–H groups in total. The van der Waals surface area contributed by atoms with Crippen molar-refractivity contribution in [1.29, 1.82) is 0 Å². The van der Waals surface area contributed by atoms with Gasteiger partial charge in [0.25, 0.3) is 0 Å². The van der Waals surface area contributed by atoms with E-state index >= 15 is 0 Å². The van der Waals surface area contributed by atoms with Crippen LogP contribution in [0.5, 0.6) is 0 Å². The van der Waals surface area contributed by atoms with Gasteiger partial charge in [0.05, 0.1) is 38.1 Å². The number of rotatable bonds is 6. The van der Waals surface area contributed by atoms with E-state index in [9.17, 15) is 40.9 Å². The Hall–Kier alpha value is -0.560. The van der Waals surface area contributed by atoms with Gasteiger partial charge in [0.1, 0.15) is 48.8 Å². The van der Waals surface area contributed by atoms with E-state index in [0.29, 0.717) is 48.3 Å². The van der Waals surface area contributed by atoms with E-state index in [1.807, 2.05) is 0 Å². The quantitative estimate of drug-likeness (QED) is 0.173. The number of hydrogen-bond acceptors (Lipinski definition) is 14. The van der Waals surface area contributed by atoms with E-state index in [0.717, 1.165) is 51.6 Å². The molecular formula is C39H64O14. The van der Waals surface area contributed by atoms with Crippen LogP contribution in [0.1, 0.15) is 85.5 Å². The molecule has 14 nitrogen and oxygen atoms in total. The van der Waals surface area contributed by atoms with Crippen LogP contribution in [0.15, 0.2) is 0 Å². The van der Waals surface area contributed by atoms with Gasteiger partial charge in [-0.15, -0.1) is 0 Å². The van der Waals surface area contributed by atoms with Crippen LogP contribution in [0.3, 0.4) is 0 Å². The van der Waals surface area contributed by atoms with Gasteiger partial charge in [-0.1, -0.05) is 27.7 Å². The third-order valence-corrected chi connectivity index (χ3v) is 16.2. The predicted molar refractivity (Wildman–Crippen MR) is 184 cm³/mol. The zero-order chi connectivity index (χ0) is 37.8. The van der Waals surface area contributed by atoms with Gasteiger partial charge < -0.3 is 69.3 Å². The Labute approximate surface area is 312 Å². The fourth-order valence-corrected chi connectivity index (χ4v) is 13.2. The third kappa shape index (κ3) is 6.29. The lowest BCUT2D eigenvalue weighted by Crippen LogP contribution is -2.62. The van der Waals surface area contributed by atoms with Crippen LogP contribution >= 0.6 is 0 Å². The van der Waals surface area contributed by atoms with E-state index in [2.05, 4.69) is 27.7 Å². The van der Waals surface area contributed by atoms with E-state index in [-0.39, 0.29) is 29.0 Å². The summed E-state index contributed by atoms with van der Waals surface area (Å²) in [6.07, 6.45) is -7.14. The molecule has 0 radical (unpaired) electrons. The highest BCUT2D eigenvalue weighted by Gasteiger charge is 2.70. The predicted octanol–water partition coefficient (Wildman–Crippen LogP) is 0.413. The molecule has 14 heteroatoms. The second kappa shape index (κ2) is 14.4. The van der Waals surface area contributed by atoms with Crippen molar-refractivity contribution in [3.63, 3.8) is 0 Å². The van der Waals surface area contributed by atoms with Gasteiger partial charge >= 0.3 is 0 Å². The monoisotopic (exact) mass is 756 g/mol. The molecule has 4 saturated heterocycles. The van der Waals surface area contributed by atoms with Crippen LogP contribution in [0.25, 0.3) is 0 Å². The molecule has 0 aromatic rings. The molecule has 4 aliphatic heterocycles. The van der Waals surface area contributed by atoms with Crippen molar-refractivity contribution in [2.75, 3.05) is 19.8 Å². The highest BCUT2D eigenvalue weighted by molar-refractivity contribution is 5.16. The molecule has 4 saturated carbocycles. The summed E-state index contributed by atoms with van der Waals surface area (Å²) >= 11 is 0. The Morgan fingerprint density at radius 2 is 1.36 bits per heavy atom. The summed E-state index contributed by atoms with van der Waals surface area (Å²) in [5.74, 6) is 2.28. The van der Waals surface area contributed by atoms with Gasteiger partial charge in [0.15, 0.2) is 18.4 Å². The molecule has 0 bridgehead atoms. The van der Waals surface area contributed by atoms with Crippen molar-refractivity contribution in [2.24, 2.45) is 52.3 Å². The molecule has 23 atom stereocenters. The van der Waals surface area contributed by atoms with Crippen molar-refractivity contribution < 1.29 is 69.3 Å². The molecule has 304 valence electrons. The molecule has 4 aliphatic carbocycles. The lowest BCUT2D eigenvalue weighted by atomic mass is 9.43. The van der Waals surface area contributed by atoms with Crippen LogP contribution in [0, 0.1) is 52.3 Å². The molecule has 0 amide bonds. The second-order valence-corrected chi connectivity index (χ2v) is 18.9. The number of aliphatic hydroxyl groups is 8. The molecule has 0 aromatic carbocycles. The standard InChI is InChI=1S/C39H64O14/c1-17-5-10-39(49-15-17)18(2)28-25(53-39)13-22-20-12-24(41)23-11-19(6-8-37(23,3)21(20)7-9-38(22,28)4)50-36-34(47)32(45)30(43)27(52-36)16-48-35-33(46)31(44)29(42)26(14-40)51-35/h17-36,40-47H,5-16H2,1-4H3. The first-order valence-corrected chi connectivity index (χ1v) is 20.4. The number of hydrogen-bond donors (Lipinski definition) is 8. The number of ether oxygens (including phenoxy) is 6. The smallest absolute Gasteiger partial charge is 0.186 e. The first-order chi connectivity index (χ1) is 25.1. The van der Waals surface area contributed by atoms with Gasteiger partial charge in [-0.2, -0.15) is 0 Å². The van der Waals surface area contributed by atoms with Crippen molar-refractivity contribution in [2.45, 2.75) is 171 Å². The van der Waals surface area contributed by atoms with Crippen LogP contribution in [0.4, 0.5) is 0 Å². The van der Waals surface area contributed by atoms with Gasteiger partial charge in [0, 0.05) is 12.3 Å². The molecule has 53 heavy (non-hydrogen) atoms. The Morgan fingerprint density at radius 3 is 2.06 bits per heavy atom. The maximum absolute atomic E-state index is 11.9. The molecule has 8 aliphatic rings. The minimum absolute atomic E-state index is 0.00889.